The largest absolute Gasteiger partial charge is 0.326 e. The summed E-state index contributed by atoms with van der Waals surface area (Å²) < 4.78 is 0. The van der Waals surface area contributed by atoms with Gasteiger partial charge in [-0.2, -0.15) is 0 Å². The molecule has 1 heterocycles. The lowest BCUT2D eigenvalue weighted by molar-refractivity contribution is -0.117. The molecule has 1 aromatic carbocycles. The Morgan fingerprint density at radius 3 is 2.52 bits per heavy atom. The SMILES string of the molecule is O=C(/C=C/c1ccccn1)Nc1cccc(NC(=O)C2CC2)c1. The average Bonchev–Trinajstić information content (AvgIpc) is 3.39. The van der Waals surface area contributed by atoms with E-state index in [1.807, 2.05) is 18.2 Å². The number of hydrogen-bond acceptors (Lipinski definition) is 3. The van der Waals surface area contributed by atoms with Crippen molar-refractivity contribution in [2.45, 2.75) is 12.8 Å². The number of nitrogens with zero attached hydrogens (tertiary/aromatic N) is 1. The zero-order chi connectivity index (χ0) is 16.1. The van der Waals surface area contributed by atoms with Crippen LogP contribution in [0.1, 0.15) is 18.5 Å². The number of nitrogens with one attached hydrogen (secondary N) is 2. The van der Waals surface area contributed by atoms with Gasteiger partial charge in [-0.25, -0.2) is 0 Å². The minimum atomic E-state index is -0.249. The van der Waals surface area contributed by atoms with Gasteiger partial charge in [0, 0.05) is 29.6 Å². The van der Waals surface area contributed by atoms with E-state index in [1.165, 1.54) is 6.08 Å². The standard InChI is InChI=1S/C18H17N3O2/c22-17(10-9-14-4-1-2-11-19-14)20-15-5-3-6-16(12-15)21-18(23)13-7-8-13/h1-6,9-13H,7-8H2,(H,20,22)(H,21,23)/b10-9+. The highest BCUT2D eigenvalue weighted by molar-refractivity contribution is 6.02. The summed E-state index contributed by atoms with van der Waals surface area (Å²) in [6, 6.07) is 12.6. The van der Waals surface area contributed by atoms with Crippen LogP contribution < -0.4 is 10.6 Å². The molecule has 3 rings (SSSR count). The molecule has 0 unspecified atom stereocenters. The van der Waals surface area contributed by atoms with Crippen molar-refractivity contribution >= 4 is 29.3 Å². The maximum absolute atomic E-state index is 11.9. The Morgan fingerprint density at radius 1 is 1.04 bits per heavy atom. The van der Waals surface area contributed by atoms with E-state index >= 15 is 0 Å². The molecule has 116 valence electrons. The van der Waals surface area contributed by atoms with E-state index in [2.05, 4.69) is 15.6 Å². The number of carbonyl (C=O) groups excluding carboxylic acids is 2. The Kier molecular flexibility index (Phi) is 4.47. The highest BCUT2D eigenvalue weighted by atomic mass is 16.2. The van der Waals surface area contributed by atoms with Crippen LogP contribution in [0.15, 0.2) is 54.7 Å². The van der Waals surface area contributed by atoms with Crippen molar-refractivity contribution in [3.63, 3.8) is 0 Å². The first-order chi connectivity index (χ1) is 11.2. The molecule has 1 aliphatic rings. The minimum absolute atomic E-state index is 0.0449. The molecule has 1 saturated carbocycles. The maximum atomic E-state index is 11.9. The molecule has 2 amide bonds. The summed E-state index contributed by atoms with van der Waals surface area (Å²) in [7, 11) is 0. The van der Waals surface area contributed by atoms with E-state index in [0.717, 1.165) is 12.8 Å². The van der Waals surface area contributed by atoms with Crippen LogP contribution in [0.3, 0.4) is 0 Å². The van der Waals surface area contributed by atoms with Crippen LogP contribution >= 0.6 is 0 Å². The molecule has 23 heavy (non-hydrogen) atoms. The van der Waals surface area contributed by atoms with Gasteiger partial charge in [0.1, 0.15) is 0 Å². The summed E-state index contributed by atoms with van der Waals surface area (Å²) in [5.74, 6) is -0.0561. The predicted molar refractivity (Wildman–Crippen MR) is 89.7 cm³/mol. The molecule has 1 fully saturated rings. The first-order valence-corrected chi connectivity index (χ1v) is 7.52. The third-order valence-corrected chi connectivity index (χ3v) is 3.44. The monoisotopic (exact) mass is 307 g/mol. The van der Waals surface area contributed by atoms with Gasteiger partial charge < -0.3 is 10.6 Å². The number of amides is 2. The van der Waals surface area contributed by atoms with Gasteiger partial charge in [-0.1, -0.05) is 12.1 Å². The highest BCUT2D eigenvalue weighted by Gasteiger charge is 2.29. The lowest BCUT2D eigenvalue weighted by atomic mass is 10.2. The Morgan fingerprint density at radius 2 is 1.83 bits per heavy atom. The topological polar surface area (TPSA) is 71.1 Å². The number of aromatic nitrogens is 1. The molecule has 5 nitrogen and oxygen atoms in total. The minimum Gasteiger partial charge on any atom is -0.326 e. The van der Waals surface area contributed by atoms with Gasteiger partial charge in [-0.05, 0) is 49.2 Å². The van der Waals surface area contributed by atoms with Crippen molar-refractivity contribution < 1.29 is 9.59 Å². The van der Waals surface area contributed by atoms with Crippen LogP contribution in [0, 0.1) is 5.92 Å². The van der Waals surface area contributed by atoms with Crippen LogP contribution in [-0.2, 0) is 9.59 Å². The molecule has 1 aromatic heterocycles. The number of carbonyl (C=O) groups is 2. The number of hydrogen-bond donors (Lipinski definition) is 2. The van der Waals surface area contributed by atoms with Crippen LogP contribution in [0.5, 0.6) is 0 Å². The van der Waals surface area contributed by atoms with Crippen molar-refractivity contribution in [3.8, 4) is 0 Å². The van der Waals surface area contributed by atoms with Crippen LogP contribution in [0.4, 0.5) is 11.4 Å². The van der Waals surface area contributed by atoms with Gasteiger partial charge in [0.25, 0.3) is 0 Å². The van der Waals surface area contributed by atoms with Crippen molar-refractivity contribution in [3.05, 3.63) is 60.4 Å². The summed E-state index contributed by atoms with van der Waals surface area (Å²) in [5, 5.41) is 5.62. The quantitative estimate of drug-likeness (QED) is 0.834. The molecular formula is C18H17N3O2. The Labute approximate surface area is 134 Å². The van der Waals surface area contributed by atoms with Gasteiger partial charge in [0.15, 0.2) is 0 Å². The van der Waals surface area contributed by atoms with Gasteiger partial charge in [-0.15, -0.1) is 0 Å². The fraction of sp³-hybridized carbons (Fsp3) is 0.167. The first-order valence-electron chi connectivity index (χ1n) is 7.52. The van der Waals surface area contributed by atoms with E-state index < -0.39 is 0 Å². The first kappa shape index (κ1) is 15.0. The van der Waals surface area contributed by atoms with Crippen LogP contribution in [0.25, 0.3) is 6.08 Å². The second kappa shape index (κ2) is 6.87. The molecular weight excluding hydrogens is 290 g/mol. The molecule has 5 heteroatoms. The van der Waals surface area contributed by atoms with E-state index in [9.17, 15) is 9.59 Å². The summed E-state index contributed by atoms with van der Waals surface area (Å²) in [4.78, 5) is 27.8. The second-order valence-corrected chi connectivity index (χ2v) is 5.42. The fourth-order valence-corrected chi connectivity index (χ4v) is 2.08. The van der Waals surface area contributed by atoms with Gasteiger partial charge in [0.05, 0.1) is 5.69 Å². The van der Waals surface area contributed by atoms with Gasteiger partial charge in [-0.3, -0.25) is 14.6 Å². The van der Waals surface area contributed by atoms with Crippen molar-refractivity contribution in [2.24, 2.45) is 5.92 Å². The van der Waals surface area contributed by atoms with Crippen LogP contribution in [0.2, 0.25) is 0 Å². The molecule has 0 spiro atoms. The molecule has 2 N–H and O–H groups in total. The van der Waals surface area contributed by atoms with Gasteiger partial charge >= 0.3 is 0 Å². The molecule has 0 saturated heterocycles. The lowest BCUT2D eigenvalue weighted by Crippen LogP contribution is -2.14. The molecule has 0 bridgehead atoms. The molecule has 0 aliphatic heterocycles. The summed E-state index contributed by atoms with van der Waals surface area (Å²) in [6.45, 7) is 0. The van der Waals surface area contributed by atoms with E-state index in [1.54, 1.807) is 36.5 Å². The lowest BCUT2D eigenvalue weighted by Gasteiger charge is -2.07. The van der Waals surface area contributed by atoms with Crippen molar-refractivity contribution in [2.75, 3.05) is 10.6 Å². The van der Waals surface area contributed by atoms with E-state index in [-0.39, 0.29) is 17.7 Å². The second-order valence-electron chi connectivity index (χ2n) is 5.42. The van der Waals surface area contributed by atoms with E-state index in [0.29, 0.717) is 17.1 Å². The number of rotatable bonds is 5. The smallest absolute Gasteiger partial charge is 0.248 e. The average molecular weight is 307 g/mol. The van der Waals surface area contributed by atoms with Crippen molar-refractivity contribution in [1.82, 2.24) is 4.98 Å². The molecule has 0 atom stereocenters. The van der Waals surface area contributed by atoms with Crippen LogP contribution in [-0.4, -0.2) is 16.8 Å². The Balaban J connectivity index is 1.59. The predicted octanol–water partition coefficient (Wildman–Crippen LogP) is 3.08. The molecule has 0 radical (unpaired) electrons. The number of anilines is 2. The maximum Gasteiger partial charge on any atom is 0.248 e. The zero-order valence-electron chi connectivity index (χ0n) is 12.5. The zero-order valence-corrected chi connectivity index (χ0v) is 12.5. The Hall–Kier alpha value is -2.95. The highest BCUT2D eigenvalue weighted by Crippen LogP contribution is 2.30. The molecule has 2 aromatic rings. The summed E-state index contributed by atoms with van der Waals surface area (Å²) >= 11 is 0. The van der Waals surface area contributed by atoms with Gasteiger partial charge in [0.2, 0.25) is 11.8 Å². The third-order valence-electron chi connectivity index (χ3n) is 3.44. The fourth-order valence-electron chi connectivity index (χ4n) is 2.08. The molecule has 1 aliphatic carbocycles. The third kappa shape index (κ3) is 4.51. The summed E-state index contributed by atoms with van der Waals surface area (Å²) in [6.07, 6.45) is 6.66. The van der Waals surface area contributed by atoms with Crippen molar-refractivity contribution in [1.29, 1.82) is 0 Å². The number of pyridine rings is 1. The summed E-state index contributed by atoms with van der Waals surface area (Å²) in [5.41, 5.74) is 2.04. The normalized spacial score (nSPS) is 13.7. The Bertz CT molecular complexity index is 737. The van der Waals surface area contributed by atoms with E-state index in [4.69, 9.17) is 0 Å². The number of benzene rings is 1.